The van der Waals surface area contributed by atoms with Gasteiger partial charge in [-0.3, -0.25) is 4.79 Å². The van der Waals surface area contributed by atoms with Crippen molar-refractivity contribution in [1.29, 1.82) is 0 Å². The molecule has 4 heteroatoms. The zero-order valence-electron chi connectivity index (χ0n) is 13.4. The Kier molecular flexibility index (Phi) is 4.94. The molecular weight excluding hydrogens is 290 g/mol. The van der Waals surface area contributed by atoms with E-state index in [4.69, 9.17) is 4.74 Å². The third kappa shape index (κ3) is 3.38. The van der Waals surface area contributed by atoms with Crippen molar-refractivity contribution in [2.75, 3.05) is 33.4 Å². The molecule has 2 aromatic rings. The van der Waals surface area contributed by atoms with Gasteiger partial charge in [0.25, 0.3) is 0 Å². The van der Waals surface area contributed by atoms with Crippen LogP contribution in [0.15, 0.2) is 42.5 Å². The topological polar surface area (TPSA) is 49.8 Å². The minimum Gasteiger partial charge on any atom is -0.395 e. The van der Waals surface area contributed by atoms with Gasteiger partial charge in [-0.05, 0) is 28.7 Å². The van der Waals surface area contributed by atoms with E-state index in [0.717, 1.165) is 6.42 Å². The second-order valence-electron chi connectivity index (χ2n) is 6.06. The molecule has 23 heavy (non-hydrogen) atoms. The second-order valence-corrected chi connectivity index (χ2v) is 6.06. The fourth-order valence-electron chi connectivity index (χ4n) is 3.27. The van der Waals surface area contributed by atoms with E-state index in [1.807, 2.05) is 12.1 Å². The molecule has 0 aliphatic heterocycles. The largest absolute Gasteiger partial charge is 0.395 e. The van der Waals surface area contributed by atoms with Crippen LogP contribution in [-0.2, 0) is 9.53 Å². The molecule has 1 amide bonds. The van der Waals surface area contributed by atoms with Gasteiger partial charge in [-0.2, -0.15) is 0 Å². The van der Waals surface area contributed by atoms with Crippen molar-refractivity contribution in [2.24, 2.45) is 5.92 Å². The molecular formula is C19H23NO3. The molecule has 2 atom stereocenters. The van der Waals surface area contributed by atoms with Crippen molar-refractivity contribution in [3.05, 3.63) is 48.0 Å². The summed E-state index contributed by atoms with van der Waals surface area (Å²) in [6.07, 6.45) is 0.891. The Labute approximate surface area is 136 Å². The number of hydrogen-bond acceptors (Lipinski definition) is 3. The summed E-state index contributed by atoms with van der Waals surface area (Å²) in [6.45, 7) is 1.40. The SMILES string of the molecule is COCCN(CCO)C(=O)C1CC1c1cccc2ccccc12. The molecule has 1 saturated carbocycles. The zero-order chi connectivity index (χ0) is 16.2. The fraction of sp³-hybridized carbons (Fsp3) is 0.421. The lowest BCUT2D eigenvalue weighted by Gasteiger charge is -2.21. The maximum atomic E-state index is 12.7. The Hall–Kier alpha value is -1.91. The van der Waals surface area contributed by atoms with E-state index >= 15 is 0 Å². The lowest BCUT2D eigenvalue weighted by atomic mass is 10.00. The highest BCUT2D eigenvalue weighted by Crippen LogP contribution is 2.50. The van der Waals surface area contributed by atoms with Gasteiger partial charge in [0.1, 0.15) is 0 Å². The van der Waals surface area contributed by atoms with E-state index in [9.17, 15) is 9.90 Å². The number of nitrogens with zero attached hydrogens (tertiary/aromatic N) is 1. The lowest BCUT2D eigenvalue weighted by Crippen LogP contribution is -2.37. The van der Waals surface area contributed by atoms with Crippen LogP contribution in [-0.4, -0.2) is 49.3 Å². The summed E-state index contributed by atoms with van der Waals surface area (Å²) in [5, 5.41) is 11.6. The second kappa shape index (κ2) is 7.11. The van der Waals surface area contributed by atoms with Crippen molar-refractivity contribution in [3.63, 3.8) is 0 Å². The summed E-state index contributed by atoms with van der Waals surface area (Å²) in [4.78, 5) is 14.4. The summed E-state index contributed by atoms with van der Waals surface area (Å²) in [5.41, 5.74) is 1.26. The highest BCUT2D eigenvalue weighted by atomic mass is 16.5. The maximum Gasteiger partial charge on any atom is 0.226 e. The lowest BCUT2D eigenvalue weighted by molar-refractivity contribution is -0.133. The number of carbonyl (C=O) groups excluding carboxylic acids is 1. The third-order valence-corrected chi connectivity index (χ3v) is 4.58. The van der Waals surface area contributed by atoms with Gasteiger partial charge in [0.2, 0.25) is 5.91 Å². The summed E-state index contributed by atoms with van der Waals surface area (Å²) < 4.78 is 5.06. The van der Waals surface area contributed by atoms with Gasteiger partial charge in [-0.1, -0.05) is 42.5 Å². The standard InChI is InChI=1S/C19H23NO3/c1-23-12-10-20(9-11-21)19(22)18-13-17(18)16-8-4-6-14-5-2-3-7-15(14)16/h2-8,17-18,21H,9-13H2,1H3. The monoisotopic (exact) mass is 313 g/mol. The molecule has 1 fully saturated rings. The van der Waals surface area contributed by atoms with Crippen molar-refractivity contribution in [3.8, 4) is 0 Å². The van der Waals surface area contributed by atoms with E-state index in [0.29, 0.717) is 19.7 Å². The molecule has 0 aromatic heterocycles. The molecule has 4 nitrogen and oxygen atoms in total. The minimum atomic E-state index is -0.0128. The van der Waals surface area contributed by atoms with E-state index in [1.54, 1.807) is 12.0 Å². The summed E-state index contributed by atoms with van der Waals surface area (Å²) in [6, 6.07) is 14.6. The zero-order valence-corrected chi connectivity index (χ0v) is 13.4. The van der Waals surface area contributed by atoms with E-state index in [-0.39, 0.29) is 24.3 Å². The van der Waals surface area contributed by atoms with E-state index in [1.165, 1.54) is 16.3 Å². The highest BCUT2D eigenvalue weighted by molar-refractivity contribution is 5.89. The van der Waals surface area contributed by atoms with Crippen molar-refractivity contribution in [1.82, 2.24) is 4.90 Å². The van der Waals surface area contributed by atoms with Gasteiger partial charge in [-0.15, -0.1) is 0 Å². The number of aliphatic hydroxyl groups is 1. The number of aliphatic hydroxyl groups excluding tert-OH is 1. The first-order valence-electron chi connectivity index (χ1n) is 8.12. The van der Waals surface area contributed by atoms with Gasteiger partial charge in [0.15, 0.2) is 0 Å². The predicted octanol–water partition coefficient (Wildman–Crippen LogP) is 2.41. The van der Waals surface area contributed by atoms with Crippen LogP contribution in [0.3, 0.4) is 0 Å². The molecule has 0 bridgehead atoms. The smallest absolute Gasteiger partial charge is 0.226 e. The number of hydrogen-bond donors (Lipinski definition) is 1. The molecule has 1 aliphatic carbocycles. The average molecular weight is 313 g/mol. The van der Waals surface area contributed by atoms with Gasteiger partial charge in [0, 0.05) is 26.1 Å². The van der Waals surface area contributed by atoms with Crippen LogP contribution in [0.1, 0.15) is 17.9 Å². The molecule has 2 aromatic carbocycles. The van der Waals surface area contributed by atoms with Crippen LogP contribution in [0.25, 0.3) is 10.8 Å². The van der Waals surface area contributed by atoms with Crippen molar-refractivity contribution in [2.45, 2.75) is 12.3 Å². The van der Waals surface area contributed by atoms with Gasteiger partial charge < -0.3 is 14.7 Å². The minimum absolute atomic E-state index is 0.0128. The number of methoxy groups -OCH3 is 1. The average Bonchev–Trinajstić information content (AvgIpc) is 3.38. The van der Waals surface area contributed by atoms with Crippen LogP contribution < -0.4 is 0 Å². The van der Waals surface area contributed by atoms with Crippen LogP contribution in [0.4, 0.5) is 0 Å². The Morgan fingerprint density at radius 1 is 1.22 bits per heavy atom. The van der Waals surface area contributed by atoms with Crippen molar-refractivity contribution >= 4 is 16.7 Å². The van der Waals surface area contributed by atoms with Crippen LogP contribution in [0.5, 0.6) is 0 Å². The molecule has 0 saturated heterocycles. The number of benzene rings is 2. The number of fused-ring (bicyclic) bond motifs is 1. The Morgan fingerprint density at radius 3 is 2.78 bits per heavy atom. The Morgan fingerprint density at radius 2 is 2.00 bits per heavy atom. The summed E-state index contributed by atoms with van der Waals surface area (Å²) in [5.74, 6) is 0.454. The van der Waals surface area contributed by atoms with Gasteiger partial charge >= 0.3 is 0 Å². The maximum absolute atomic E-state index is 12.7. The molecule has 0 radical (unpaired) electrons. The predicted molar refractivity (Wildman–Crippen MR) is 90.3 cm³/mol. The highest BCUT2D eigenvalue weighted by Gasteiger charge is 2.46. The molecule has 0 heterocycles. The normalized spacial score (nSPS) is 19.7. The number of carbonyl (C=O) groups is 1. The molecule has 2 unspecified atom stereocenters. The van der Waals surface area contributed by atoms with Crippen LogP contribution in [0.2, 0.25) is 0 Å². The van der Waals surface area contributed by atoms with Gasteiger partial charge in [0.05, 0.1) is 13.2 Å². The number of amides is 1. The Bertz CT molecular complexity index is 680. The molecule has 1 N–H and O–H groups in total. The summed E-state index contributed by atoms with van der Waals surface area (Å²) >= 11 is 0. The molecule has 3 rings (SSSR count). The van der Waals surface area contributed by atoms with E-state index in [2.05, 4.69) is 30.3 Å². The van der Waals surface area contributed by atoms with Gasteiger partial charge in [-0.25, -0.2) is 0 Å². The fourth-order valence-corrected chi connectivity index (χ4v) is 3.27. The molecule has 1 aliphatic rings. The third-order valence-electron chi connectivity index (χ3n) is 4.58. The summed E-state index contributed by atoms with van der Waals surface area (Å²) in [7, 11) is 1.62. The number of ether oxygens (including phenoxy) is 1. The van der Waals surface area contributed by atoms with E-state index < -0.39 is 0 Å². The van der Waals surface area contributed by atoms with Crippen molar-refractivity contribution < 1.29 is 14.6 Å². The molecule has 0 spiro atoms. The van der Waals surface area contributed by atoms with Crippen LogP contribution >= 0.6 is 0 Å². The quantitative estimate of drug-likeness (QED) is 0.854. The Balaban J connectivity index is 1.76. The molecule has 122 valence electrons. The number of rotatable bonds is 7. The van der Waals surface area contributed by atoms with Crippen LogP contribution in [0, 0.1) is 5.92 Å². The first-order chi connectivity index (χ1) is 11.3. The first kappa shape index (κ1) is 16.0. The first-order valence-corrected chi connectivity index (χ1v) is 8.12.